The number of hydroxylamine groups is 2. The number of anilines is 2. The molecule has 0 aliphatic rings. The van der Waals surface area contributed by atoms with Gasteiger partial charge in [0.2, 0.25) is 5.56 Å². The first kappa shape index (κ1) is 18.7. The molecule has 3 N–H and O–H groups in total. The summed E-state index contributed by atoms with van der Waals surface area (Å²) in [6.45, 7) is -0.232. The third-order valence-corrected chi connectivity index (χ3v) is 3.99. The van der Waals surface area contributed by atoms with Gasteiger partial charge >= 0.3 is 0 Å². The molecule has 1 heterocycles. The standard InChI is InChI=1S/C15H15ClIN3O4/c1-20(24-7-6-21)15(23)10-3-5-13(22)19-14(10)18-12-4-2-9(17)8-11(12)16/h2-5,8,21H,6-7H2,1H3,(H2,18,19,22). The molecule has 24 heavy (non-hydrogen) atoms. The number of nitrogens with zero attached hydrogens (tertiary/aromatic N) is 1. The van der Waals surface area contributed by atoms with Crippen LogP contribution in [0.5, 0.6) is 0 Å². The number of hydrogen-bond donors (Lipinski definition) is 3. The number of carbonyl (C=O) groups is 1. The summed E-state index contributed by atoms with van der Waals surface area (Å²) in [5, 5.41) is 13.2. The Labute approximate surface area is 156 Å². The van der Waals surface area contributed by atoms with E-state index in [1.165, 1.54) is 19.2 Å². The quantitative estimate of drug-likeness (QED) is 0.452. The fourth-order valence-electron chi connectivity index (χ4n) is 1.88. The van der Waals surface area contributed by atoms with E-state index in [0.717, 1.165) is 8.63 Å². The minimum Gasteiger partial charge on any atom is -0.394 e. The molecule has 0 aliphatic carbocycles. The molecule has 0 bridgehead atoms. The van der Waals surface area contributed by atoms with E-state index in [9.17, 15) is 9.59 Å². The normalized spacial score (nSPS) is 10.5. The third kappa shape index (κ3) is 4.69. The molecule has 1 amide bonds. The largest absolute Gasteiger partial charge is 0.394 e. The van der Waals surface area contributed by atoms with Crippen LogP contribution in [0.25, 0.3) is 0 Å². The molecule has 0 unspecified atom stereocenters. The smallest absolute Gasteiger partial charge is 0.280 e. The predicted molar refractivity (Wildman–Crippen MR) is 99.6 cm³/mol. The number of H-pyrrole nitrogens is 1. The molecular formula is C15H15ClIN3O4. The van der Waals surface area contributed by atoms with Crippen LogP contribution >= 0.6 is 34.2 Å². The average Bonchev–Trinajstić information content (AvgIpc) is 2.54. The summed E-state index contributed by atoms with van der Waals surface area (Å²) in [5.74, 6) is -0.279. The van der Waals surface area contributed by atoms with Gasteiger partial charge in [0.25, 0.3) is 5.91 Å². The van der Waals surface area contributed by atoms with Gasteiger partial charge in [-0.2, -0.15) is 0 Å². The summed E-state index contributed by atoms with van der Waals surface area (Å²) in [5.41, 5.74) is 0.381. The number of aromatic amines is 1. The molecule has 0 fully saturated rings. The number of nitrogens with one attached hydrogen (secondary N) is 2. The highest BCUT2D eigenvalue weighted by Gasteiger charge is 2.18. The Morgan fingerprint density at radius 3 is 2.83 bits per heavy atom. The number of aliphatic hydroxyl groups excluding tert-OH is 1. The van der Waals surface area contributed by atoms with Crippen molar-refractivity contribution in [2.45, 2.75) is 0 Å². The second-order valence-corrected chi connectivity index (χ2v) is 6.37. The SMILES string of the molecule is CN(OCCO)C(=O)c1ccc(=O)[nH]c1Nc1ccc(I)cc1Cl. The van der Waals surface area contributed by atoms with Crippen molar-refractivity contribution in [1.82, 2.24) is 10.0 Å². The van der Waals surface area contributed by atoms with Gasteiger partial charge in [0, 0.05) is 16.7 Å². The minimum atomic E-state index is -0.483. The second-order valence-electron chi connectivity index (χ2n) is 4.72. The number of benzene rings is 1. The van der Waals surface area contributed by atoms with Crippen molar-refractivity contribution < 1.29 is 14.7 Å². The summed E-state index contributed by atoms with van der Waals surface area (Å²) < 4.78 is 0.957. The Bertz CT molecular complexity index is 797. The lowest BCUT2D eigenvalue weighted by molar-refractivity contribution is -0.114. The summed E-state index contributed by atoms with van der Waals surface area (Å²) in [6.07, 6.45) is 0. The Kier molecular flexibility index (Phi) is 6.60. The number of aliphatic hydroxyl groups is 1. The van der Waals surface area contributed by atoms with Crippen LogP contribution in [0.15, 0.2) is 35.1 Å². The first-order valence-corrected chi connectivity index (χ1v) is 8.35. The predicted octanol–water partition coefficient (Wildman–Crippen LogP) is 2.37. The Morgan fingerprint density at radius 1 is 1.42 bits per heavy atom. The molecule has 0 saturated heterocycles. The van der Waals surface area contributed by atoms with Crippen molar-refractivity contribution in [3.05, 3.63) is 54.8 Å². The van der Waals surface area contributed by atoms with E-state index in [0.29, 0.717) is 10.7 Å². The molecule has 0 atom stereocenters. The van der Waals surface area contributed by atoms with Crippen LogP contribution in [0.1, 0.15) is 10.4 Å². The molecule has 0 spiro atoms. The molecule has 0 radical (unpaired) electrons. The van der Waals surface area contributed by atoms with Gasteiger partial charge in [-0.3, -0.25) is 14.4 Å². The van der Waals surface area contributed by atoms with Crippen LogP contribution in [-0.4, -0.2) is 41.3 Å². The van der Waals surface area contributed by atoms with Crippen molar-refractivity contribution in [3.63, 3.8) is 0 Å². The van der Waals surface area contributed by atoms with E-state index in [1.807, 2.05) is 6.07 Å². The van der Waals surface area contributed by atoms with Crippen molar-refractivity contribution in [2.24, 2.45) is 0 Å². The topological polar surface area (TPSA) is 94.7 Å². The number of hydrogen-bond acceptors (Lipinski definition) is 5. The van der Waals surface area contributed by atoms with Gasteiger partial charge in [0.15, 0.2) is 0 Å². The van der Waals surface area contributed by atoms with E-state index < -0.39 is 5.91 Å². The fraction of sp³-hybridized carbons (Fsp3) is 0.200. The average molecular weight is 464 g/mol. The fourth-order valence-corrected chi connectivity index (χ4v) is 2.79. The van der Waals surface area contributed by atoms with Crippen LogP contribution in [0.2, 0.25) is 5.02 Å². The molecule has 9 heteroatoms. The molecule has 7 nitrogen and oxygen atoms in total. The molecule has 0 saturated carbocycles. The van der Waals surface area contributed by atoms with E-state index in [4.69, 9.17) is 21.5 Å². The van der Waals surface area contributed by atoms with Crippen LogP contribution in [-0.2, 0) is 4.84 Å². The molecule has 2 rings (SSSR count). The van der Waals surface area contributed by atoms with Gasteiger partial charge in [0.1, 0.15) is 5.82 Å². The maximum atomic E-state index is 12.4. The lowest BCUT2D eigenvalue weighted by Gasteiger charge is -2.18. The molecule has 2 aromatic rings. The zero-order chi connectivity index (χ0) is 17.7. The maximum absolute atomic E-state index is 12.4. The van der Waals surface area contributed by atoms with E-state index >= 15 is 0 Å². The Morgan fingerprint density at radius 2 is 2.17 bits per heavy atom. The van der Waals surface area contributed by atoms with E-state index in [-0.39, 0.29) is 30.2 Å². The highest BCUT2D eigenvalue weighted by Crippen LogP contribution is 2.27. The number of aromatic nitrogens is 1. The van der Waals surface area contributed by atoms with Crippen LogP contribution in [0, 0.1) is 3.57 Å². The number of rotatable bonds is 6. The van der Waals surface area contributed by atoms with Crippen LogP contribution in [0.4, 0.5) is 11.5 Å². The van der Waals surface area contributed by atoms with Crippen LogP contribution < -0.4 is 10.9 Å². The summed E-state index contributed by atoms with van der Waals surface area (Å²) in [6, 6.07) is 7.98. The van der Waals surface area contributed by atoms with Crippen molar-refractivity contribution in [1.29, 1.82) is 0 Å². The molecule has 128 valence electrons. The van der Waals surface area contributed by atoms with Crippen LogP contribution in [0.3, 0.4) is 0 Å². The summed E-state index contributed by atoms with van der Waals surface area (Å²) >= 11 is 8.30. The highest BCUT2D eigenvalue weighted by atomic mass is 127. The molecule has 1 aromatic heterocycles. The first-order chi connectivity index (χ1) is 11.4. The van der Waals surface area contributed by atoms with Gasteiger partial charge in [-0.05, 0) is 46.9 Å². The van der Waals surface area contributed by atoms with Crippen molar-refractivity contribution in [3.8, 4) is 0 Å². The highest BCUT2D eigenvalue weighted by molar-refractivity contribution is 14.1. The first-order valence-electron chi connectivity index (χ1n) is 6.89. The zero-order valence-corrected chi connectivity index (χ0v) is 15.6. The van der Waals surface area contributed by atoms with Gasteiger partial charge in [-0.15, -0.1) is 0 Å². The number of amides is 1. The Balaban J connectivity index is 2.34. The zero-order valence-electron chi connectivity index (χ0n) is 12.7. The molecule has 1 aromatic carbocycles. The number of halogens is 2. The van der Waals surface area contributed by atoms with Gasteiger partial charge in [-0.25, -0.2) is 5.06 Å². The molecular weight excluding hydrogens is 449 g/mol. The van der Waals surface area contributed by atoms with Crippen molar-refractivity contribution in [2.75, 3.05) is 25.6 Å². The lowest BCUT2D eigenvalue weighted by Crippen LogP contribution is -2.29. The minimum absolute atomic E-state index is 0.0166. The lowest BCUT2D eigenvalue weighted by atomic mass is 10.2. The van der Waals surface area contributed by atoms with Crippen molar-refractivity contribution >= 4 is 51.6 Å². The van der Waals surface area contributed by atoms with E-state index in [2.05, 4.69) is 32.9 Å². The number of pyridine rings is 1. The number of carbonyl (C=O) groups excluding carboxylic acids is 1. The second kappa shape index (κ2) is 8.47. The summed E-state index contributed by atoms with van der Waals surface area (Å²) in [4.78, 5) is 31.7. The monoisotopic (exact) mass is 463 g/mol. The van der Waals surface area contributed by atoms with Gasteiger partial charge < -0.3 is 15.4 Å². The third-order valence-electron chi connectivity index (χ3n) is 3.00. The van der Waals surface area contributed by atoms with Gasteiger partial charge in [0.05, 0.1) is 29.5 Å². The summed E-state index contributed by atoms with van der Waals surface area (Å²) in [7, 11) is 1.42. The Hall–Kier alpha value is -1.62. The van der Waals surface area contributed by atoms with Gasteiger partial charge in [-0.1, -0.05) is 11.6 Å². The maximum Gasteiger partial charge on any atom is 0.280 e. The molecule has 0 aliphatic heterocycles. The van der Waals surface area contributed by atoms with E-state index in [1.54, 1.807) is 12.1 Å².